The Kier molecular flexibility index (Phi) is 57.3. The van der Waals surface area contributed by atoms with Crippen LogP contribution in [0.15, 0.2) is 122 Å². The van der Waals surface area contributed by atoms with Crippen molar-refractivity contribution in [1.82, 2.24) is 5.32 Å². The predicted octanol–water partition coefficient (Wildman–Crippen LogP) is 13.5. The lowest BCUT2D eigenvalue weighted by Gasteiger charge is -2.48. The number of aliphatic hydroxyl groups excluding tert-OH is 11. The van der Waals surface area contributed by atoms with E-state index in [9.17, 15) is 61.0 Å². The van der Waals surface area contributed by atoms with Gasteiger partial charge in [0.1, 0.15) is 73.2 Å². The highest BCUT2D eigenvalue weighted by molar-refractivity contribution is 5.76. The summed E-state index contributed by atoms with van der Waals surface area (Å²) in [5, 5.41) is 121. The van der Waals surface area contributed by atoms with Gasteiger partial charge in [-0.15, -0.1) is 0 Å². The highest BCUT2D eigenvalue weighted by Gasteiger charge is 2.54. The maximum atomic E-state index is 13.4. The number of carbonyl (C=O) groups excluding carboxylic acids is 1. The fraction of sp³-hybridized carbons (Fsp3) is 0.750. The Balaban J connectivity index is 1.41. The largest absolute Gasteiger partial charge is 0.394 e. The van der Waals surface area contributed by atoms with Crippen LogP contribution in [0.4, 0.5) is 0 Å². The van der Waals surface area contributed by atoms with Gasteiger partial charge in [-0.2, -0.15) is 0 Å². The number of ether oxygens (including phenoxy) is 6. The summed E-state index contributed by atoms with van der Waals surface area (Å²) < 4.78 is 34.4. The van der Waals surface area contributed by atoms with Gasteiger partial charge < -0.3 is 89.9 Å². The number of aliphatic hydroxyl groups is 11. The van der Waals surface area contributed by atoms with Crippen molar-refractivity contribution in [2.45, 2.75) is 375 Å². The summed E-state index contributed by atoms with van der Waals surface area (Å²) in [4.78, 5) is 13.4. The Morgan fingerprint density at radius 3 is 1.09 bits per heavy atom. The highest BCUT2D eigenvalue weighted by atomic mass is 16.8. The van der Waals surface area contributed by atoms with Crippen molar-refractivity contribution < 1.29 is 89.4 Å². The molecule has 0 aliphatic carbocycles. The molecule has 3 fully saturated rings. The van der Waals surface area contributed by atoms with Gasteiger partial charge in [-0.25, -0.2) is 0 Å². The van der Waals surface area contributed by atoms with E-state index in [2.05, 4.69) is 129 Å². The SMILES string of the molecule is CC/C=C\C/C=C\C/C=C\C/C=C\C/C=C\C/C=C\C/C=C\C/C=C\CCCCC(=O)NC(COC1OC(CO)C(OC2OC(CO)C(OC3OC(CO)C(O)C(O)C3O)C(O)C2O)C(O)C1O)C(O)/C=C/CC/C=C/CCCCCCCCCCCCCCCCCCCCCCCCCCC. The molecule has 1 amide bonds. The third-order valence-corrected chi connectivity index (χ3v) is 19.2. The lowest BCUT2D eigenvalue weighted by molar-refractivity contribution is -0.379. The van der Waals surface area contributed by atoms with Gasteiger partial charge in [0.05, 0.1) is 38.6 Å². The Morgan fingerprint density at radius 2 is 0.680 bits per heavy atom. The van der Waals surface area contributed by atoms with Crippen LogP contribution in [-0.2, 0) is 33.2 Å². The second-order valence-electron chi connectivity index (χ2n) is 28.1. The second kappa shape index (κ2) is 63.2. The molecule has 19 heteroatoms. The minimum absolute atomic E-state index is 0.172. The first-order valence-electron chi connectivity index (χ1n) is 40.3. The number of amides is 1. The maximum absolute atomic E-state index is 13.4. The van der Waals surface area contributed by atoms with Crippen LogP contribution < -0.4 is 5.32 Å². The molecule has 0 aromatic rings. The van der Waals surface area contributed by atoms with E-state index in [4.69, 9.17) is 28.4 Å². The Hall–Kier alpha value is -3.81. The summed E-state index contributed by atoms with van der Waals surface area (Å²) in [5.41, 5.74) is 0. The van der Waals surface area contributed by atoms with Crippen molar-refractivity contribution in [3.63, 3.8) is 0 Å². The third-order valence-electron chi connectivity index (χ3n) is 19.2. The number of allylic oxidation sites excluding steroid dienone is 19. The van der Waals surface area contributed by atoms with Gasteiger partial charge in [-0.3, -0.25) is 4.79 Å². The molecule has 0 radical (unpaired) electrons. The monoisotopic (exact) mass is 1450 g/mol. The van der Waals surface area contributed by atoms with E-state index < -0.39 is 131 Å². The molecule has 17 unspecified atom stereocenters. The lowest BCUT2D eigenvalue weighted by Crippen LogP contribution is -2.66. The zero-order valence-electron chi connectivity index (χ0n) is 63.3. The zero-order chi connectivity index (χ0) is 74.6. The molecule has 103 heavy (non-hydrogen) atoms. The molecule has 0 aromatic heterocycles. The molecule has 592 valence electrons. The van der Waals surface area contributed by atoms with E-state index in [-0.39, 0.29) is 12.3 Å². The average molecular weight is 1460 g/mol. The van der Waals surface area contributed by atoms with E-state index in [0.717, 1.165) is 83.5 Å². The summed E-state index contributed by atoms with van der Waals surface area (Å²) in [7, 11) is 0. The zero-order valence-corrected chi connectivity index (χ0v) is 63.3. The molecule has 19 nitrogen and oxygen atoms in total. The molecule has 0 aromatic carbocycles. The Labute approximate surface area is 620 Å². The van der Waals surface area contributed by atoms with Crippen LogP contribution >= 0.6 is 0 Å². The number of hydrogen-bond donors (Lipinski definition) is 12. The minimum atomic E-state index is -1.99. The summed E-state index contributed by atoms with van der Waals surface area (Å²) in [6.45, 7) is 1.58. The molecule has 0 bridgehead atoms. The number of rotatable bonds is 62. The van der Waals surface area contributed by atoms with Gasteiger partial charge in [-0.1, -0.05) is 289 Å². The molecule has 3 saturated heterocycles. The Morgan fingerprint density at radius 1 is 0.359 bits per heavy atom. The smallest absolute Gasteiger partial charge is 0.220 e. The van der Waals surface area contributed by atoms with Gasteiger partial charge >= 0.3 is 0 Å². The van der Waals surface area contributed by atoms with Crippen molar-refractivity contribution in [3.05, 3.63) is 122 Å². The summed E-state index contributed by atoms with van der Waals surface area (Å²) in [6, 6.07) is -1.03. The highest BCUT2D eigenvalue weighted by Crippen LogP contribution is 2.33. The number of nitrogens with one attached hydrogen (secondary N) is 1. The summed E-state index contributed by atoms with van der Waals surface area (Å²) in [6.07, 6.45) is 61.9. The topological polar surface area (TPSA) is 307 Å². The van der Waals surface area contributed by atoms with Gasteiger partial charge in [0.2, 0.25) is 5.91 Å². The van der Waals surface area contributed by atoms with Crippen molar-refractivity contribution >= 4 is 5.91 Å². The molecule has 3 heterocycles. The van der Waals surface area contributed by atoms with Crippen LogP contribution in [0, 0.1) is 0 Å². The Bertz CT molecular complexity index is 2330. The molecular weight excluding hydrogens is 1310 g/mol. The maximum Gasteiger partial charge on any atom is 0.220 e. The van der Waals surface area contributed by atoms with Crippen LogP contribution in [0.5, 0.6) is 0 Å². The van der Waals surface area contributed by atoms with E-state index in [1.54, 1.807) is 6.08 Å². The molecule has 3 aliphatic rings. The van der Waals surface area contributed by atoms with Crippen molar-refractivity contribution in [1.29, 1.82) is 0 Å². The first kappa shape index (κ1) is 93.4. The normalized spacial score (nSPS) is 26.7. The van der Waals surface area contributed by atoms with E-state index in [1.807, 2.05) is 6.08 Å². The minimum Gasteiger partial charge on any atom is -0.394 e. The molecular formula is C84H143NO18. The van der Waals surface area contributed by atoms with E-state index in [0.29, 0.717) is 12.8 Å². The van der Waals surface area contributed by atoms with Crippen LogP contribution in [0.2, 0.25) is 0 Å². The molecule has 12 N–H and O–H groups in total. The van der Waals surface area contributed by atoms with Crippen molar-refractivity contribution in [3.8, 4) is 0 Å². The van der Waals surface area contributed by atoms with Gasteiger partial charge in [0, 0.05) is 6.42 Å². The second-order valence-corrected chi connectivity index (χ2v) is 28.1. The predicted molar refractivity (Wildman–Crippen MR) is 410 cm³/mol. The van der Waals surface area contributed by atoms with Crippen molar-refractivity contribution in [2.24, 2.45) is 0 Å². The summed E-state index contributed by atoms with van der Waals surface area (Å²) >= 11 is 0. The van der Waals surface area contributed by atoms with Crippen LogP contribution in [-0.4, -0.2) is 193 Å². The lowest BCUT2D eigenvalue weighted by atomic mass is 9.96. The standard InChI is InChI=1S/C84H143NO18/c1-3-5-7-9-11-13-15-17-19-21-23-25-27-29-31-32-33-34-36-37-39-41-43-45-47-49-51-53-55-57-59-61-68(89)67(85-72(90)62-60-58-56-54-52-50-48-46-44-42-40-38-35-30-28-26-24-22-20-18-16-14-12-10-8-6-4-2)66-98-82-78(96)75(93)80(70(64-87)100-82)103-84-79(97)76(94)81(71(65-88)101-84)102-83-77(95)74(92)73(91)69(63-86)99-83/h6,8,12,14,18,20,24,26,30,35,40,42,46,48,51-54,59,61,67-71,73-84,86-89,91-97H,3-5,7,9-11,13,15-17,19,21-23,25,27-29,31-34,36-39,41,43-45,47,49-50,55-58,60,62-66H2,1-2H3,(H,85,90)/b8-6-,14-12-,20-18-,26-24-,35-30-,42-40-,48-46-,53-51+,54-52-,61-59+. The molecule has 0 spiro atoms. The van der Waals surface area contributed by atoms with Gasteiger partial charge in [0.15, 0.2) is 18.9 Å². The van der Waals surface area contributed by atoms with Crippen LogP contribution in [0.3, 0.4) is 0 Å². The molecule has 3 aliphatic heterocycles. The van der Waals surface area contributed by atoms with Crippen LogP contribution in [0.1, 0.15) is 271 Å². The first-order chi connectivity index (χ1) is 50.3. The first-order valence-corrected chi connectivity index (χ1v) is 40.3. The molecule has 3 rings (SSSR count). The van der Waals surface area contributed by atoms with E-state index >= 15 is 0 Å². The van der Waals surface area contributed by atoms with E-state index in [1.165, 1.54) is 154 Å². The molecule has 0 saturated carbocycles. The fourth-order valence-corrected chi connectivity index (χ4v) is 12.8. The summed E-state index contributed by atoms with van der Waals surface area (Å²) in [5.74, 6) is -0.330. The molecule has 17 atom stereocenters. The number of unbranched alkanes of at least 4 members (excludes halogenated alkanes) is 28. The quantitative estimate of drug-likeness (QED) is 0.0199. The number of carbonyl (C=O) groups is 1. The third kappa shape index (κ3) is 43.1. The van der Waals surface area contributed by atoms with Gasteiger partial charge in [-0.05, 0) is 96.3 Å². The van der Waals surface area contributed by atoms with Crippen molar-refractivity contribution in [2.75, 3.05) is 26.4 Å². The van der Waals surface area contributed by atoms with Crippen LogP contribution in [0.25, 0.3) is 0 Å². The average Bonchev–Trinajstić information content (AvgIpc) is 0.781. The number of hydrogen-bond acceptors (Lipinski definition) is 18. The fourth-order valence-electron chi connectivity index (χ4n) is 12.8. The van der Waals surface area contributed by atoms with Gasteiger partial charge in [0.25, 0.3) is 0 Å².